The third kappa shape index (κ3) is 2.57. The molecule has 0 saturated carbocycles. The Labute approximate surface area is 94.8 Å². The fraction of sp³-hybridized carbons (Fsp3) is 0.556. The fourth-order valence-electron chi connectivity index (χ4n) is 1.03. The topological polar surface area (TPSA) is 63.4 Å². The molecule has 0 amide bonds. The lowest BCUT2D eigenvalue weighted by Gasteiger charge is -2.19. The van der Waals surface area contributed by atoms with Gasteiger partial charge in [0.25, 0.3) is 10.0 Å². The largest absolute Gasteiger partial charge is 0.326 e. The van der Waals surface area contributed by atoms with Gasteiger partial charge in [0.15, 0.2) is 0 Å². The number of sulfonamides is 1. The van der Waals surface area contributed by atoms with Crippen LogP contribution in [0, 0.1) is 0 Å². The van der Waals surface area contributed by atoms with Crippen LogP contribution in [0.15, 0.2) is 16.3 Å². The number of hydrogen-bond donors (Lipinski definition) is 1. The van der Waals surface area contributed by atoms with Gasteiger partial charge in [0.1, 0.15) is 4.21 Å². The van der Waals surface area contributed by atoms with Crippen molar-refractivity contribution in [3.05, 3.63) is 17.0 Å². The van der Waals surface area contributed by atoms with Gasteiger partial charge in [0.05, 0.1) is 0 Å². The third-order valence-electron chi connectivity index (χ3n) is 2.20. The Balaban J connectivity index is 3.06. The van der Waals surface area contributed by atoms with Crippen molar-refractivity contribution in [3.8, 4) is 0 Å². The number of thiophene rings is 1. The molecule has 0 spiro atoms. The van der Waals surface area contributed by atoms with Crippen molar-refractivity contribution in [2.75, 3.05) is 7.05 Å². The van der Waals surface area contributed by atoms with Gasteiger partial charge in [-0.3, -0.25) is 0 Å². The van der Waals surface area contributed by atoms with Gasteiger partial charge in [0, 0.05) is 24.5 Å². The van der Waals surface area contributed by atoms with E-state index in [1.165, 1.54) is 15.6 Å². The molecule has 2 N–H and O–H groups in total. The molecule has 4 nitrogen and oxygen atoms in total. The lowest BCUT2D eigenvalue weighted by atomic mass is 10.4. The highest BCUT2D eigenvalue weighted by atomic mass is 32.2. The maximum absolute atomic E-state index is 12.0. The van der Waals surface area contributed by atoms with Crippen LogP contribution in [-0.4, -0.2) is 25.8 Å². The highest BCUT2D eigenvalue weighted by Crippen LogP contribution is 2.24. The van der Waals surface area contributed by atoms with E-state index in [-0.39, 0.29) is 6.04 Å². The minimum absolute atomic E-state index is 0.0431. The summed E-state index contributed by atoms with van der Waals surface area (Å²) in [5.41, 5.74) is 5.44. The van der Waals surface area contributed by atoms with E-state index < -0.39 is 10.0 Å². The van der Waals surface area contributed by atoms with Crippen LogP contribution in [-0.2, 0) is 16.6 Å². The molecule has 1 rings (SSSR count). The number of hydrogen-bond acceptors (Lipinski definition) is 4. The van der Waals surface area contributed by atoms with Gasteiger partial charge in [-0.05, 0) is 26.0 Å². The van der Waals surface area contributed by atoms with Crippen LogP contribution in [0.3, 0.4) is 0 Å². The zero-order valence-corrected chi connectivity index (χ0v) is 10.7. The molecule has 0 aliphatic heterocycles. The Kier molecular flexibility index (Phi) is 3.88. The van der Waals surface area contributed by atoms with Gasteiger partial charge in [-0.2, -0.15) is 4.31 Å². The molecule has 0 unspecified atom stereocenters. The molecular weight excluding hydrogens is 232 g/mol. The molecular formula is C9H16N2O2S2. The van der Waals surface area contributed by atoms with Gasteiger partial charge < -0.3 is 5.73 Å². The van der Waals surface area contributed by atoms with Crippen LogP contribution >= 0.6 is 11.3 Å². The molecule has 0 fully saturated rings. The summed E-state index contributed by atoms with van der Waals surface area (Å²) in [4.78, 5) is 0.880. The molecule has 1 aromatic heterocycles. The summed E-state index contributed by atoms with van der Waals surface area (Å²) in [5, 5.41) is 0. The smallest absolute Gasteiger partial charge is 0.252 e. The second kappa shape index (κ2) is 4.61. The second-order valence-corrected chi connectivity index (χ2v) is 6.93. The highest BCUT2D eigenvalue weighted by molar-refractivity contribution is 7.91. The molecule has 6 heteroatoms. The van der Waals surface area contributed by atoms with Gasteiger partial charge in [-0.1, -0.05) is 0 Å². The van der Waals surface area contributed by atoms with Gasteiger partial charge >= 0.3 is 0 Å². The molecule has 1 heterocycles. The minimum atomic E-state index is -3.33. The van der Waals surface area contributed by atoms with Gasteiger partial charge in [-0.15, -0.1) is 11.3 Å². The van der Waals surface area contributed by atoms with E-state index >= 15 is 0 Å². The lowest BCUT2D eigenvalue weighted by molar-refractivity contribution is 0.412. The molecule has 1 aromatic rings. The minimum Gasteiger partial charge on any atom is -0.326 e. The number of rotatable bonds is 4. The molecule has 15 heavy (non-hydrogen) atoms. The van der Waals surface area contributed by atoms with Crippen molar-refractivity contribution in [1.29, 1.82) is 0 Å². The van der Waals surface area contributed by atoms with Crippen molar-refractivity contribution in [3.63, 3.8) is 0 Å². The summed E-state index contributed by atoms with van der Waals surface area (Å²) >= 11 is 1.23. The Morgan fingerprint density at radius 2 is 2.07 bits per heavy atom. The predicted molar refractivity (Wildman–Crippen MR) is 62.3 cm³/mol. The SMILES string of the molecule is CC(C)N(C)S(=O)(=O)c1ccc(CN)s1. The van der Waals surface area contributed by atoms with E-state index in [0.717, 1.165) is 4.88 Å². The quantitative estimate of drug-likeness (QED) is 0.872. The number of nitrogens with zero attached hydrogens (tertiary/aromatic N) is 1. The van der Waals surface area contributed by atoms with Crippen LogP contribution in [0.25, 0.3) is 0 Å². The molecule has 0 aliphatic rings. The zero-order valence-electron chi connectivity index (χ0n) is 9.10. The van der Waals surface area contributed by atoms with E-state index in [1.807, 2.05) is 13.8 Å². The summed E-state index contributed by atoms with van der Waals surface area (Å²) in [7, 11) is -1.75. The van der Waals surface area contributed by atoms with E-state index in [1.54, 1.807) is 19.2 Å². The average molecular weight is 248 g/mol. The Morgan fingerprint density at radius 3 is 2.47 bits per heavy atom. The van der Waals surface area contributed by atoms with Gasteiger partial charge in [0.2, 0.25) is 0 Å². The van der Waals surface area contributed by atoms with E-state index in [4.69, 9.17) is 5.73 Å². The molecule has 0 radical (unpaired) electrons. The Hall–Kier alpha value is -0.430. The fourth-order valence-corrected chi connectivity index (χ4v) is 3.81. The Bertz CT molecular complexity index is 423. The molecule has 0 aliphatic carbocycles. The van der Waals surface area contributed by atoms with Crippen LogP contribution in [0.5, 0.6) is 0 Å². The molecule has 0 saturated heterocycles. The maximum atomic E-state index is 12.0. The van der Waals surface area contributed by atoms with Crippen LogP contribution < -0.4 is 5.73 Å². The number of nitrogens with two attached hydrogens (primary N) is 1. The predicted octanol–water partition coefficient (Wildman–Crippen LogP) is 1.24. The van der Waals surface area contributed by atoms with Crippen molar-refractivity contribution in [2.24, 2.45) is 5.73 Å². The molecule has 0 atom stereocenters. The van der Waals surface area contributed by atoms with Crippen LogP contribution in [0.2, 0.25) is 0 Å². The summed E-state index contributed by atoms with van der Waals surface area (Å²) in [6.45, 7) is 4.07. The average Bonchev–Trinajstić information content (AvgIpc) is 2.65. The summed E-state index contributed by atoms with van der Waals surface area (Å²) in [6, 6.07) is 3.32. The van der Waals surface area contributed by atoms with E-state index in [0.29, 0.717) is 10.8 Å². The second-order valence-electron chi connectivity index (χ2n) is 3.54. The first kappa shape index (κ1) is 12.6. The first-order valence-electron chi connectivity index (χ1n) is 4.66. The molecule has 0 aromatic carbocycles. The Morgan fingerprint density at radius 1 is 1.47 bits per heavy atom. The van der Waals surface area contributed by atoms with Crippen molar-refractivity contribution in [1.82, 2.24) is 4.31 Å². The summed E-state index contributed by atoms with van der Waals surface area (Å²) in [6.07, 6.45) is 0. The molecule has 86 valence electrons. The van der Waals surface area contributed by atoms with E-state index in [9.17, 15) is 8.42 Å². The summed E-state index contributed by atoms with van der Waals surface area (Å²) < 4.78 is 25.7. The summed E-state index contributed by atoms with van der Waals surface area (Å²) in [5.74, 6) is 0. The van der Waals surface area contributed by atoms with Crippen molar-refractivity contribution >= 4 is 21.4 Å². The van der Waals surface area contributed by atoms with Crippen molar-refractivity contribution < 1.29 is 8.42 Å². The standard InChI is InChI=1S/C9H16N2O2S2/c1-7(2)11(3)15(12,13)9-5-4-8(6-10)14-9/h4-5,7H,6,10H2,1-3H3. The van der Waals surface area contributed by atoms with Crippen molar-refractivity contribution in [2.45, 2.75) is 30.6 Å². The van der Waals surface area contributed by atoms with Crippen LogP contribution in [0.1, 0.15) is 18.7 Å². The first-order valence-corrected chi connectivity index (χ1v) is 6.92. The van der Waals surface area contributed by atoms with Crippen LogP contribution in [0.4, 0.5) is 0 Å². The zero-order chi connectivity index (χ0) is 11.6. The first-order chi connectivity index (χ1) is 6.89. The normalized spacial score (nSPS) is 12.7. The lowest BCUT2D eigenvalue weighted by Crippen LogP contribution is -2.32. The highest BCUT2D eigenvalue weighted by Gasteiger charge is 2.24. The van der Waals surface area contributed by atoms with E-state index in [2.05, 4.69) is 0 Å². The third-order valence-corrected chi connectivity index (χ3v) is 5.81. The monoisotopic (exact) mass is 248 g/mol. The van der Waals surface area contributed by atoms with Gasteiger partial charge in [-0.25, -0.2) is 8.42 Å². The molecule has 0 bridgehead atoms. The maximum Gasteiger partial charge on any atom is 0.252 e.